The Bertz CT molecular complexity index is 410. The van der Waals surface area contributed by atoms with Crippen LogP contribution in [0.3, 0.4) is 0 Å². The first-order valence-corrected chi connectivity index (χ1v) is 6.13. The van der Waals surface area contributed by atoms with Gasteiger partial charge in [-0.2, -0.15) is 0 Å². The van der Waals surface area contributed by atoms with Gasteiger partial charge in [0, 0.05) is 5.56 Å². The van der Waals surface area contributed by atoms with Crippen molar-refractivity contribution >= 4 is 0 Å². The Morgan fingerprint density at radius 1 is 1.17 bits per heavy atom. The molecule has 3 nitrogen and oxygen atoms in total. The van der Waals surface area contributed by atoms with Crippen molar-refractivity contribution in [2.75, 3.05) is 19.8 Å². The van der Waals surface area contributed by atoms with Crippen molar-refractivity contribution in [3.05, 3.63) is 23.3 Å². The summed E-state index contributed by atoms with van der Waals surface area (Å²) in [6, 6.07) is 2.88. The first kappa shape index (κ1) is 13.1. The van der Waals surface area contributed by atoms with Crippen LogP contribution in [0.2, 0.25) is 0 Å². The van der Waals surface area contributed by atoms with Crippen molar-refractivity contribution in [3.8, 4) is 11.5 Å². The molecule has 0 amide bonds. The fourth-order valence-corrected chi connectivity index (χ4v) is 2.02. The highest BCUT2D eigenvalue weighted by Gasteiger charge is 2.20. The van der Waals surface area contributed by atoms with Crippen LogP contribution in [-0.2, 0) is 6.42 Å². The number of hydrogen-bond acceptors (Lipinski definition) is 3. The van der Waals surface area contributed by atoms with Crippen LogP contribution >= 0.6 is 0 Å². The zero-order chi connectivity index (χ0) is 13.0. The van der Waals surface area contributed by atoms with Crippen molar-refractivity contribution in [3.63, 3.8) is 0 Å². The number of alkyl halides is 2. The largest absolute Gasteiger partial charge is 0.486 e. The average Bonchev–Trinajstić information content (AvgIpc) is 2.38. The lowest BCUT2D eigenvalue weighted by Gasteiger charge is -2.22. The van der Waals surface area contributed by atoms with E-state index in [4.69, 9.17) is 15.2 Å². The molecule has 1 aromatic carbocycles. The minimum absolute atomic E-state index is 0.0120. The predicted molar refractivity (Wildman–Crippen MR) is 64.4 cm³/mol. The third-order valence-corrected chi connectivity index (χ3v) is 2.89. The minimum atomic E-state index is -2.49. The number of hydrogen-bond donors (Lipinski definition) is 1. The second-order valence-corrected chi connectivity index (χ2v) is 4.25. The summed E-state index contributed by atoms with van der Waals surface area (Å²) >= 11 is 0. The summed E-state index contributed by atoms with van der Waals surface area (Å²) in [5.74, 6) is 1.05. The SMILES string of the molecule is NCCCCc1cc(C(F)F)cc2c1OCCO2. The molecule has 1 heterocycles. The zero-order valence-electron chi connectivity index (χ0n) is 10.1. The molecule has 1 aliphatic heterocycles. The maximum absolute atomic E-state index is 12.8. The van der Waals surface area contributed by atoms with Gasteiger partial charge in [0.2, 0.25) is 0 Å². The highest BCUT2D eigenvalue weighted by atomic mass is 19.3. The van der Waals surface area contributed by atoms with Crippen molar-refractivity contribution in [1.29, 1.82) is 0 Å². The van der Waals surface area contributed by atoms with Gasteiger partial charge >= 0.3 is 0 Å². The summed E-state index contributed by atoms with van der Waals surface area (Å²) in [5.41, 5.74) is 6.21. The molecule has 2 rings (SSSR count). The van der Waals surface area contributed by atoms with Crippen molar-refractivity contribution in [1.82, 2.24) is 0 Å². The van der Waals surface area contributed by atoms with Gasteiger partial charge in [-0.1, -0.05) is 0 Å². The average molecular weight is 257 g/mol. The van der Waals surface area contributed by atoms with Crippen LogP contribution in [-0.4, -0.2) is 19.8 Å². The number of nitrogens with two attached hydrogens (primary N) is 1. The maximum atomic E-state index is 12.8. The molecule has 1 aromatic rings. The van der Waals surface area contributed by atoms with Crippen LogP contribution in [0, 0.1) is 0 Å². The number of fused-ring (bicyclic) bond motifs is 1. The summed E-state index contributed by atoms with van der Waals surface area (Å²) in [6.07, 6.45) is -0.0779. The van der Waals surface area contributed by atoms with Crippen molar-refractivity contribution < 1.29 is 18.3 Å². The van der Waals surface area contributed by atoms with Gasteiger partial charge in [0.05, 0.1) is 0 Å². The highest BCUT2D eigenvalue weighted by Crippen LogP contribution is 2.38. The molecular weight excluding hydrogens is 240 g/mol. The molecule has 18 heavy (non-hydrogen) atoms. The molecule has 1 aliphatic rings. The quantitative estimate of drug-likeness (QED) is 0.825. The van der Waals surface area contributed by atoms with Crippen LogP contribution in [0.5, 0.6) is 11.5 Å². The normalized spacial score (nSPS) is 14.0. The predicted octanol–water partition coefficient (Wildman–Crippen LogP) is 2.68. The second-order valence-electron chi connectivity index (χ2n) is 4.25. The zero-order valence-corrected chi connectivity index (χ0v) is 10.1. The Hall–Kier alpha value is -1.36. The molecule has 0 radical (unpaired) electrons. The molecule has 0 saturated carbocycles. The Labute approximate surface area is 105 Å². The van der Waals surface area contributed by atoms with Crippen LogP contribution in [0.4, 0.5) is 8.78 Å². The molecule has 0 saturated heterocycles. The molecule has 0 aliphatic carbocycles. The molecule has 5 heteroatoms. The third kappa shape index (κ3) is 2.90. The molecular formula is C13H17F2NO2. The van der Waals surface area contributed by atoms with Gasteiger partial charge in [0.15, 0.2) is 11.5 Å². The maximum Gasteiger partial charge on any atom is 0.263 e. The molecule has 0 bridgehead atoms. The monoisotopic (exact) mass is 257 g/mol. The van der Waals surface area contributed by atoms with Gasteiger partial charge in [-0.3, -0.25) is 0 Å². The van der Waals surface area contributed by atoms with E-state index < -0.39 is 6.43 Å². The van der Waals surface area contributed by atoms with Crippen LogP contribution in [0.25, 0.3) is 0 Å². The van der Waals surface area contributed by atoms with E-state index >= 15 is 0 Å². The molecule has 0 spiro atoms. The van der Waals surface area contributed by atoms with Crippen LogP contribution in [0.15, 0.2) is 12.1 Å². The molecule has 0 atom stereocenters. The van der Waals surface area contributed by atoms with Gasteiger partial charge in [0.25, 0.3) is 6.43 Å². The Balaban J connectivity index is 2.26. The van der Waals surface area contributed by atoms with Crippen molar-refractivity contribution in [2.45, 2.75) is 25.7 Å². The number of benzene rings is 1. The highest BCUT2D eigenvalue weighted by molar-refractivity contribution is 5.50. The lowest BCUT2D eigenvalue weighted by Crippen LogP contribution is -2.17. The van der Waals surface area contributed by atoms with Crippen molar-refractivity contribution in [2.24, 2.45) is 5.73 Å². The van der Waals surface area contributed by atoms with Gasteiger partial charge in [-0.05, 0) is 43.5 Å². The van der Waals surface area contributed by atoms with Crippen LogP contribution in [0.1, 0.15) is 30.4 Å². The van der Waals surface area contributed by atoms with Crippen LogP contribution < -0.4 is 15.2 Å². The smallest absolute Gasteiger partial charge is 0.263 e. The molecule has 2 N–H and O–H groups in total. The van der Waals surface area contributed by atoms with Gasteiger partial charge in [0.1, 0.15) is 13.2 Å². The fraction of sp³-hybridized carbons (Fsp3) is 0.538. The number of rotatable bonds is 5. The molecule has 0 fully saturated rings. The van der Waals surface area contributed by atoms with E-state index in [0.717, 1.165) is 18.4 Å². The van der Waals surface area contributed by atoms with E-state index in [2.05, 4.69) is 0 Å². The lowest BCUT2D eigenvalue weighted by molar-refractivity contribution is 0.146. The van der Waals surface area contributed by atoms with E-state index in [0.29, 0.717) is 37.7 Å². The first-order valence-electron chi connectivity index (χ1n) is 6.13. The minimum Gasteiger partial charge on any atom is -0.486 e. The van der Waals surface area contributed by atoms with E-state index in [1.54, 1.807) is 0 Å². The number of halogens is 2. The van der Waals surface area contributed by atoms with Gasteiger partial charge < -0.3 is 15.2 Å². The summed E-state index contributed by atoms with van der Waals surface area (Å²) in [5, 5.41) is 0. The first-order chi connectivity index (χ1) is 8.72. The topological polar surface area (TPSA) is 44.5 Å². The molecule has 0 unspecified atom stereocenters. The van der Waals surface area contributed by atoms with E-state index in [-0.39, 0.29) is 5.56 Å². The number of unbranched alkanes of at least 4 members (excludes halogenated alkanes) is 1. The van der Waals surface area contributed by atoms with E-state index in [1.165, 1.54) is 12.1 Å². The summed E-state index contributed by atoms with van der Waals surface area (Å²) in [6.45, 7) is 1.47. The molecule has 100 valence electrons. The van der Waals surface area contributed by atoms with E-state index in [9.17, 15) is 8.78 Å². The Kier molecular flexibility index (Phi) is 4.36. The second kappa shape index (κ2) is 6.00. The van der Waals surface area contributed by atoms with Gasteiger partial charge in [-0.25, -0.2) is 8.78 Å². The number of aryl methyl sites for hydroxylation is 1. The van der Waals surface area contributed by atoms with E-state index in [1.807, 2.05) is 0 Å². The Morgan fingerprint density at radius 2 is 1.94 bits per heavy atom. The molecule has 0 aromatic heterocycles. The third-order valence-electron chi connectivity index (χ3n) is 2.89. The van der Waals surface area contributed by atoms with Gasteiger partial charge in [-0.15, -0.1) is 0 Å². The summed E-state index contributed by atoms with van der Waals surface area (Å²) in [4.78, 5) is 0. The fourth-order valence-electron chi connectivity index (χ4n) is 2.02. The number of ether oxygens (including phenoxy) is 2. The Morgan fingerprint density at radius 3 is 2.67 bits per heavy atom. The lowest BCUT2D eigenvalue weighted by atomic mass is 10.0. The summed E-state index contributed by atoms with van der Waals surface area (Å²) in [7, 11) is 0. The standard InChI is InChI=1S/C13H17F2NO2/c14-13(15)10-7-9(3-1-2-4-16)12-11(8-10)17-5-6-18-12/h7-8,13H,1-6,16H2. The summed E-state index contributed by atoms with van der Waals surface area (Å²) < 4.78 is 36.5.